The molecule has 0 spiro atoms. The highest BCUT2D eigenvalue weighted by Crippen LogP contribution is 2.16. The zero-order valence-corrected chi connectivity index (χ0v) is 10.6. The van der Waals surface area contributed by atoms with Gasteiger partial charge in [0.25, 0.3) is 0 Å². The molecule has 0 unspecified atom stereocenters. The minimum atomic E-state index is -0.405. The summed E-state index contributed by atoms with van der Waals surface area (Å²) in [6, 6.07) is 5.62. The molecule has 5 heteroatoms. The van der Waals surface area contributed by atoms with Crippen LogP contribution < -0.4 is 11.1 Å². The standard InChI is InChI=1S/C12H16N2O2S/c1-17-7-3-2-6-13-9-4-5-11-10(8-9)14-12(15)16-11/h4-5,8,13H,2-3,6-7H2,1H3,(H,14,15). The van der Waals surface area contributed by atoms with E-state index in [2.05, 4.69) is 16.6 Å². The molecule has 0 saturated heterocycles. The molecule has 0 atom stereocenters. The first-order valence-electron chi connectivity index (χ1n) is 5.65. The van der Waals surface area contributed by atoms with Crippen molar-refractivity contribution in [2.45, 2.75) is 12.8 Å². The molecule has 0 bridgehead atoms. The van der Waals surface area contributed by atoms with Crippen LogP contribution in [0.5, 0.6) is 0 Å². The number of thioether (sulfide) groups is 1. The number of unbranched alkanes of at least 4 members (excludes halogenated alkanes) is 1. The molecule has 2 rings (SSSR count). The number of fused-ring (bicyclic) bond motifs is 1. The molecule has 4 nitrogen and oxygen atoms in total. The molecule has 2 aromatic rings. The molecule has 2 N–H and O–H groups in total. The summed E-state index contributed by atoms with van der Waals surface area (Å²) in [6.45, 7) is 0.953. The van der Waals surface area contributed by atoms with E-state index in [1.165, 1.54) is 12.2 Å². The first-order chi connectivity index (χ1) is 8.29. The second-order valence-corrected chi connectivity index (χ2v) is 4.84. The van der Waals surface area contributed by atoms with Gasteiger partial charge in [-0.25, -0.2) is 4.79 Å². The van der Waals surface area contributed by atoms with Gasteiger partial charge >= 0.3 is 5.76 Å². The van der Waals surface area contributed by atoms with E-state index in [0.717, 1.165) is 24.2 Å². The van der Waals surface area contributed by atoms with Crippen molar-refractivity contribution in [3.05, 3.63) is 28.7 Å². The Morgan fingerprint density at radius 1 is 1.41 bits per heavy atom. The third-order valence-corrected chi connectivity index (χ3v) is 3.22. The quantitative estimate of drug-likeness (QED) is 0.776. The average molecular weight is 252 g/mol. The maximum absolute atomic E-state index is 11.0. The molecule has 0 aliphatic heterocycles. The van der Waals surface area contributed by atoms with Crippen LogP contribution in [0.4, 0.5) is 5.69 Å². The summed E-state index contributed by atoms with van der Waals surface area (Å²) in [4.78, 5) is 13.6. The van der Waals surface area contributed by atoms with Crippen LogP contribution in [0.3, 0.4) is 0 Å². The smallest absolute Gasteiger partial charge is 0.408 e. The Morgan fingerprint density at radius 3 is 3.12 bits per heavy atom. The highest BCUT2D eigenvalue weighted by atomic mass is 32.2. The minimum absolute atomic E-state index is 0.405. The van der Waals surface area contributed by atoms with Gasteiger partial charge in [-0.1, -0.05) is 0 Å². The molecular formula is C12H16N2O2S. The van der Waals surface area contributed by atoms with Crippen LogP contribution in [-0.2, 0) is 0 Å². The number of hydrogen-bond acceptors (Lipinski definition) is 4. The van der Waals surface area contributed by atoms with E-state index < -0.39 is 5.76 Å². The highest BCUT2D eigenvalue weighted by Gasteiger charge is 2.01. The molecule has 0 radical (unpaired) electrons. The zero-order chi connectivity index (χ0) is 12.1. The molecule has 1 aromatic heterocycles. The molecule has 17 heavy (non-hydrogen) atoms. The number of benzene rings is 1. The van der Waals surface area contributed by atoms with Gasteiger partial charge in [-0.15, -0.1) is 0 Å². The number of hydrogen-bond donors (Lipinski definition) is 2. The SMILES string of the molecule is CSCCCCNc1ccc2oc(=O)[nH]c2c1. The summed E-state index contributed by atoms with van der Waals surface area (Å²) < 4.78 is 4.94. The van der Waals surface area contributed by atoms with Gasteiger partial charge in [-0.3, -0.25) is 4.98 Å². The van der Waals surface area contributed by atoms with Crippen molar-refractivity contribution in [2.75, 3.05) is 23.9 Å². The first-order valence-corrected chi connectivity index (χ1v) is 7.04. The van der Waals surface area contributed by atoms with Crippen molar-refractivity contribution < 1.29 is 4.42 Å². The van der Waals surface area contributed by atoms with Crippen LogP contribution in [0.2, 0.25) is 0 Å². The summed E-state index contributed by atoms with van der Waals surface area (Å²) in [5.74, 6) is 0.799. The van der Waals surface area contributed by atoms with E-state index in [9.17, 15) is 4.79 Å². The Labute approximate surface area is 104 Å². The molecule has 92 valence electrons. The van der Waals surface area contributed by atoms with Crippen LogP contribution in [0.15, 0.2) is 27.4 Å². The normalized spacial score (nSPS) is 10.9. The predicted molar refractivity (Wildman–Crippen MR) is 72.9 cm³/mol. The fraction of sp³-hybridized carbons (Fsp3) is 0.417. The fourth-order valence-electron chi connectivity index (χ4n) is 1.67. The number of rotatable bonds is 6. The lowest BCUT2D eigenvalue weighted by Crippen LogP contribution is -2.01. The monoisotopic (exact) mass is 252 g/mol. The zero-order valence-electron chi connectivity index (χ0n) is 9.79. The lowest BCUT2D eigenvalue weighted by atomic mass is 10.2. The number of nitrogens with one attached hydrogen (secondary N) is 2. The van der Waals surface area contributed by atoms with E-state index >= 15 is 0 Å². The van der Waals surface area contributed by atoms with Gasteiger partial charge in [0.15, 0.2) is 5.58 Å². The van der Waals surface area contributed by atoms with Gasteiger partial charge in [0.2, 0.25) is 0 Å². The van der Waals surface area contributed by atoms with Crippen molar-refractivity contribution in [1.29, 1.82) is 0 Å². The Morgan fingerprint density at radius 2 is 2.29 bits per heavy atom. The Bertz CT molecular complexity index is 533. The molecule has 0 aliphatic carbocycles. The van der Waals surface area contributed by atoms with Gasteiger partial charge in [-0.05, 0) is 43.0 Å². The van der Waals surface area contributed by atoms with Gasteiger partial charge < -0.3 is 9.73 Å². The number of oxazole rings is 1. The summed E-state index contributed by atoms with van der Waals surface area (Å²) >= 11 is 1.87. The van der Waals surface area contributed by atoms with Gasteiger partial charge in [0, 0.05) is 12.2 Å². The van der Waals surface area contributed by atoms with Gasteiger partial charge in [-0.2, -0.15) is 11.8 Å². The molecule has 0 amide bonds. The van der Waals surface area contributed by atoms with Crippen LogP contribution in [0.1, 0.15) is 12.8 Å². The lowest BCUT2D eigenvalue weighted by Gasteiger charge is -2.05. The molecule has 1 heterocycles. The maximum Gasteiger partial charge on any atom is 0.417 e. The number of aromatic amines is 1. The molecule has 1 aromatic carbocycles. The Hall–Kier alpha value is -1.36. The highest BCUT2D eigenvalue weighted by molar-refractivity contribution is 7.98. The summed E-state index contributed by atoms with van der Waals surface area (Å²) in [5.41, 5.74) is 2.35. The van der Waals surface area contributed by atoms with Crippen LogP contribution in [0, 0.1) is 0 Å². The van der Waals surface area contributed by atoms with Crippen LogP contribution >= 0.6 is 11.8 Å². The largest absolute Gasteiger partial charge is 0.417 e. The minimum Gasteiger partial charge on any atom is -0.408 e. The van der Waals surface area contributed by atoms with E-state index in [0.29, 0.717) is 5.58 Å². The summed E-state index contributed by atoms with van der Waals surface area (Å²) in [6.07, 6.45) is 4.50. The second kappa shape index (κ2) is 5.82. The average Bonchev–Trinajstić information content (AvgIpc) is 2.68. The second-order valence-electron chi connectivity index (χ2n) is 3.85. The van der Waals surface area contributed by atoms with E-state index in [1.54, 1.807) is 6.07 Å². The third kappa shape index (κ3) is 3.30. The molecule has 0 fully saturated rings. The first kappa shape index (κ1) is 12.1. The fourth-order valence-corrected chi connectivity index (χ4v) is 2.16. The Kier molecular flexibility index (Phi) is 4.14. The summed E-state index contributed by atoms with van der Waals surface area (Å²) in [7, 11) is 0. The lowest BCUT2D eigenvalue weighted by molar-refractivity contribution is 0.555. The Balaban J connectivity index is 1.92. The van der Waals surface area contributed by atoms with Crippen LogP contribution in [-0.4, -0.2) is 23.5 Å². The number of aromatic nitrogens is 1. The van der Waals surface area contributed by atoms with Crippen LogP contribution in [0.25, 0.3) is 11.1 Å². The predicted octanol–water partition coefficient (Wildman–Crippen LogP) is 2.68. The van der Waals surface area contributed by atoms with Crippen molar-refractivity contribution in [3.8, 4) is 0 Å². The van der Waals surface area contributed by atoms with Gasteiger partial charge in [0.1, 0.15) is 0 Å². The van der Waals surface area contributed by atoms with Crippen molar-refractivity contribution in [2.24, 2.45) is 0 Å². The number of anilines is 1. The summed E-state index contributed by atoms with van der Waals surface area (Å²) in [5, 5.41) is 3.33. The number of H-pyrrole nitrogens is 1. The molecule has 0 aliphatic rings. The van der Waals surface area contributed by atoms with Gasteiger partial charge in [0.05, 0.1) is 5.52 Å². The van der Waals surface area contributed by atoms with Crippen molar-refractivity contribution in [1.82, 2.24) is 4.98 Å². The van der Waals surface area contributed by atoms with E-state index in [1.807, 2.05) is 23.9 Å². The molecule has 0 saturated carbocycles. The van der Waals surface area contributed by atoms with Crippen molar-refractivity contribution >= 4 is 28.5 Å². The van der Waals surface area contributed by atoms with Crippen molar-refractivity contribution in [3.63, 3.8) is 0 Å². The van der Waals surface area contributed by atoms with E-state index in [-0.39, 0.29) is 0 Å². The van der Waals surface area contributed by atoms with E-state index in [4.69, 9.17) is 4.42 Å². The third-order valence-electron chi connectivity index (χ3n) is 2.52. The molecular weight excluding hydrogens is 236 g/mol. The maximum atomic E-state index is 11.0. The topological polar surface area (TPSA) is 58.0 Å².